The third kappa shape index (κ3) is 5.21. The van der Waals surface area contributed by atoms with Crippen LogP contribution in [0.15, 0.2) is 18.2 Å². The molecule has 1 aromatic carbocycles. The van der Waals surface area contributed by atoms with Gasteiger partial charge in [0, 0.05) is 13.1 Å². The Bertz CT molecular complexity index is 388. The van der Waals surface area contributed by atoms with E-state index in [1.807, 2.05) is 0 Å². The number of amides is 1. The molecule has 0 aliphatic heterocycles. The minimum atomic E-state index is -0.673. The first-order valence-electron chi connectivity index (χ1n) is 5.59. The van der Waals surface area contributed by atoms with Crippen molar-refractivity contribution < 1.29 is 9.18 Å². The van der Waals surface area contributed by atoms with E-state index in [4.69, 9.17) is 11.6 Å². The highest BCUT2D eigenvalue weighted by atomic mass is 35.5. The lowest BCUT2D eigenvalue weighted by atomic mass is 10.2. The molecule has 0 spiro atoms. The van der Waals surface area contributed by atoms with Gasteiger partial charge >= 0.3 is 0 Å². The minimum absolute atomic E-state index is 0. The van der Waals surface area contributed by atoms with E-state index in [2.05, 4.69) is 17.6 Å². The van der Waals surface area contributed by atoms with Crippen molar-refractivity contribution in [3.63, 3.8) is 0 Å². The molecule has 102 valence electrons. The van der Waals surface area contributed by atoms with Crippen LogP contribution in [-0.4, -0.2) is 25.5 Å². The second-order valence-corrected chi connectivity index (χ2v) is 4.01. The highest BCUT2D eigenvalue weighted by molar-refractivity contribution is 6.31. The van der Waals surface area contributed by atoms with Crippen LogP contribution < -0.4 is 10.6 Å². The summed E-state index contributed by atoms with van der Waals surface area (Å²) in [7, 11) is 0. The predicted molar refractivity (Wildman–Crippen MR) is 74.2 cm³/mol. The third-order valence-electron chi connectivity index (χ3n) is 2.21. The maximum absolute atomic E-state index is 13.5. The average Bonchev–Trinajstić information content (AvgIpc) is 2.32. The lowest BCUT2D eigenvalue weighted by molar-refractivity contribution is 0.0950. The van der Waals surface area contributed by atoms with E-state index >= 15 is 0 Å². The van der Waals surface area contributed by atoms with Gasteiger partial charge in [-0.15, -0.1) is 12.4 Å². The monoisotopic (exact) mass is 294 g/mol. The number of hydrogen-bond donors (Lipinski definition) is 2. The third-order valence-corrected chi connectivity index (χ3v) is 2.50. The number of carbonyl (C=O) groups is 1. The maximum Gasteiger partial charge on any atom is 0.254 e. The first kappa shape index (κ1) is 17.2. The van der Waals surface area contributed by atoms with Crippen LogP contribution in [0.2, 0.25) is 5.02 Å². The molecule has 0 bridgehead atoms. The summed E-state index contributed by atoms with van der Waals surface area (Å²) >= 11 is 5.59. The molecule has 0 saturated carbocycles. The number of benzene rings is 1. The van der Waals surface area contributed by atoms with E-state index < -0.39 is 11.7 Å². The van der Waals surface area contributed by atoms with Gasteiger partial charge in [-0.2, -0.15) is 0 Å². The molecule has 0 aliphatic carbocycles. The molecule has 18 heavy (non-hydrogen) atoms. The van der Waals surface area contributed by atoms with Crippen molar-refractivity contribution in [1.82, 2.24) is 10.6 Å². The van der Waals surface area contributed by atoms with Crippen molar-refractivity contribution in [1.29, 1.82) is 0 Å². The molecule has 0 radical (unpaired) electrons. The van der Waals surface area contributed by atoms with Crippen molar-refractivity contribution in [2.75, 3.05) is 19.6 Å². The number of nitrogens with one attached hydrogen (secondary N) is 2. The molecule has 3 nitrogen and oxygen atoms in total. The van der Waals surface area contributed by atoms with Crippen molar-refractivity contribution >= 4 is 29.9 Å². The largest absolute Gasteiger partial charge is 0.351 e. The van der Waals surface area contributed by atoms with Gasteiger partial charge in [-0.25, -0.2) is 4.39 Å². The fourth-order valence-electron chi connectivity index (χ4n) is 1.34. The zero-order valence-electron chi connectivity index (χ0n) is 10.1. The molecule has 6 heteroatoms. The van der Waals surface area contributed by atoms with Crippen molar-refractivity contribution in [2.45, 2.75) is 13.3 Å². The normalized spacial score (nSPS) is 9.72. The lowest BCUT2D eigenvalue weighted by Gasteiger charge is -2.07. The first-order chi connectivity index (χ1) is 8.16. The van der Waals surface area contributed by atoms with Gasteiger partial charge < -0.3 is 10.6 Å². The summed E-state index contributed by atoms with van der Waals surface area (Å²) in [5.74, 6) is -1.11. The fourth-order valence-corrected chi connectivity index (χ4v) is 1.52. The standard InChI is InChI=1S/C12H16ClFN2O.ClH/c1-2-6-15-7-8-16-12(17)9-4-3-5-10(13)11(9)14;/h3-5,15H,2,6-8H2,1H3,(H,16,17);1H. The van der Waals surface area contributed by atoms with Crippen LogP contribution in [0.4, 0.5) is 4.39 Å². The molecule has 0 heterocycles. The Hall–Kier alpha value is -0.840. The van der Waals surface area contributed by atoms with Gasteiger partial charge in [-0.3, -0.25) is 4.79 Å². The lowest BCUT2D eigenvalue weighted by Crippen LogP contribution is -2.32. The smallest absolute Gasteiger partial charge is 0.254 e. The van der Waals surface area contributed by atoms with E-state index in [0.29, 0.717) is 13.1 Å². The summed E-state index contributed by atoms with van der Waals surface area (Å²) in [5.41, 5.74) is -0.0204. The highest BCUT2D eigenvalue weighted by Crippen LogP contribution is 2.17. The molecule has 2 N–H and O–H groups in total. The Morgan fingerprint density at radius 3 is 2.72 bits per heavy atom. The van der Waals surface area contributed by atoms with Crippen LogP contribution in [-0.2, 0) is 0 Å². The first-order valence-corrected chi connectivity index (χ1v) is 5.97. The van der Waals surface area contributed by atoms with E-state index in [-0.39, 0.29) is 23.0 Å². The summed E-state index contributed by atoms with van der Waals surface area (Å²) in [6.07, 6.45) is 1.04. The van der Waals surface area contributed by atoms with Crippen LogP contribution in [0.3, 0.4) is 0 Å². The molecule has 1 aromatic rings. The molecule has 1 amide bonds. The van der Waals surface area contributed by atoms with Crippen molar-refractivity contribution in [3.8, 4) is 0 Å². The molecule has 0 fully saturated rings. The van der Waals surface area contributed by atoms with Gasteiger partial charge in [0.1, 0.15) is 0 Å². The Morgan fingerprint density at radius 1 is 1.33 bits per heavy atom. The average molecular weight is 295 g/mol. The van der Waals surface area contributed by atoms with Gasteiger partial charge in [0.25, 0.3) is 5.91 Å². The molecule has 0 unspecified atom stereocenters. The molecular weight excluding hydrogens is 278 g/mol. The predicted octanol–water partition coefficient (Wildman–Crippen LogP) is 2.63. The second kappa shape index (κ2) is 9.14. The van der Waals surface area contributed by atoms with Gasteiger partial charge in [0.05, 0.1) is 10.6 Å². The molecule has 0 saturated heterocycles. The highest BCUT2D eigenvalue weighted by Gasteiger charge is 2.12. The molecule has 0 atom stereocenters. The number of carbonyl (C=O) groups excluding carboxylic acids is 1. The van der Waals surface area contributed by atoms with Gasteiger partial charge in [-0.05, 0) is 25.1 Å². The molecule has 0 aliphatic rings. The quantitative estimate of drug-likeness (QED) is 0.792. The summed E-state index contributed by atoms with van der Waals surface area (Å²) in [6.45, 7) is 4.10. The van der Waals surface area contributed by atoms with Gasteiger partial charge in [-0.1, -0.05) is 24.6 Å². The van der Waals surface area contributed by atoms with Crippen LogP contribution in [0, 0.1) is 5.82 Å². The van der Waals surface area contributed by atoms with Crippen LogP contribution in [0.5, 0.6) is 0 Å². The SMILES string of the molecule is CCCNCCNC(=O)c1cccc(Cl)c1F.Cl. The zero-order chi connectivity index (χ0) is 12.7. The Kier molecular flexibility index (Phi) is 8.71. The number of hydrogen-bond acceptors (Lipinski definition) is 2. The van der Waals surface area contributed by atoms with Gasteiger partial charge in [0.2, 0.25) is 0 Å². The molecule has 1 rings (SSSR count). The summed E-state index contributed by atoms with van der Waals surface area (Å²) < 4.78 is 13.5. The minimum Gasteiger partial charge on any atom is -0.351 e. The Morgan fingerprint density at radius 2 is 2.06 bits per heavy atom. The second-order valence-electron chi connectivity index (χ2n) is 3.61. The van der Waals surface area contributed by atoms with E-state index in [1.165, 1.54) is 12.1 Å². The van der Waals surface area contributed by atoms with Crippen LogP contribution in [0.1, 0.15) is 23.7 Å². The van der Waals surface area contributed by atoms with Crippen LogP contribution in [0.25, 0.3) is 0 Å². The van der Waals surface area contributed by atoms with E-state index in [0.717, 1.165) is 13.0 Å². The Balaban J connectivity index is 0.00000289. The number of halogens is 3. The maximum atomic E-state index is 13.5. The molecular formula is C12H17Cl2FN2O. The van der Waals surface area contributed by atoms with Gasteiger partial charge in [0.15, 0.2) is 5.82 Å². The topological polar surface area (TPSA) is 41.1 Å². The summed E-state index contributed by atoms with van der Waals surface area (Å²) in [5, 5.41) is 5.72. The molecule has 0 aromatic heterocycles. The summed E-state index contributed by atoms with van der Waals surface area (Å²) in [4.78, 5) is 11.6. The van der Waals surface area contributed by atoms with Crippen molar-refractivity contribution in [3.05, 3.63) is 34.6 Å². The van der Waals surface area contributed by atoms with E-state index in [1.54, 1.807) is 6.07 Å². The van der Waals surface area contributed by atoms with Crippen molar-refractivity contribution in [2.24, 2.45) is 0 Å². The number of rotatable bonds is 6. The van der Waals surface area contributed by atoms with Crippen LogP contribution >= 0.6 is 24.0 Å². The fraction of sp³-hybridized carbons (Fsp3) is 0.417. The Labute approximate surface area is 118 Å². The zero-order valence-corrected chi connectivity index (χ0v) is 11.7. The summed E-state index contributed by atoms with van der Waals surface area (Å²) in [6, 6.07) is 4.38. The van der Waals surface area contributed by atoms with E-state index in [9.17, 15) is 9.18 Å².